The zero-order valence-electron chi connectivity index (χ0n) is 9.87. The summed E-state index contributed by atoms with van der Waals surface area (Å²) in [7, 11) is 0. The largest absolute Gasteiger partial charge is 0.352 e. The first-order chi connectivity index (χ1) is 8.34. The van der Waals surface area contributed by atoms with Crippen LogP contribution in [0, 0.1) is 27.7 Å². The molecule has 0 aliphatic carbocycles. The van der Waals surface area contributed by atoms with Crippen molar-refractivity contribution >= 4 is 11.6 Å². The van der Waals surface area contributed by atoms with Crippen LogP contribution in [0.3, 0.4) is 0 Å². The van der Waals surface area contributed by atoms with Crippen molar-refractivity contribution in [1.29, 1.82) is 0 Å². The fraction of sp³-hybridized carbons (Fsp3) is 0.364. The van der Waals surface area contributed by atoms with Crippen LogP contribution in [0.25, 0.3) is 0 Å². The predicted octanol–water partition coefficient (Wildman–Crippen LogP) is 2.26. The van der Waals surface area contributed by atoms with Crippen LogP contribution in [0.2, 0.25) is 0 Å². The van der Waals surface area contributed by atoms with E-state index in [9.17, 15) is 23.7 Å². The first-order valence-corrected chi connectivity index (χ1v) is 5.25. The van der Waals surface area contributed by atoms with Crippen molar-refractivity contribution in [1.82, 2.24) is 5.32 Å². The second-order valence-corrected chi connectivity index (χ2v) is 4.12. The van der Waals surface area contributed by atoms with E-state index in [0.29, 0.717) is 12.1 Å². The zero-order chi connectivity index (χ0) is 13.9. The van der Waals surface area contributed by atoms with Crippen molar-refractivity contribution in [3.63, 3.8) is 0 Å². The molecule has 0 fully saturated rings. The van der Waals surface area contributed by atoms with Crippen molar-refractivity contribution in [3.8, 4) is 0 Å². The number of carbonyl (C=O) groups is 1. The molecule has 0 aromatic heterocycles. The number of hydrogen-bond acceptors (Lipinski definition) is 3. The number of nitro groups is 1. The molecule has 5 nitrogen and oxygen atoms in total. The van der Waals surface area contributed by atoms with E-state index >= 15 is 0 Å². The van der Waals surface area contributed by atoms with Crippen LogP contribution in [0.1, 0.15) is 24.2 Å². The second-order valence-electron chi connectivity index (χ2n) is 4.12. The minimum absolute atomic E-state index is 0.0961. The Bertz CT molecular complexity index is 489. The average Bonchev–Trinajstić information content (AvgIpc) is 2.25. The summed E-state index contributed by atoms with van der Waals surface area (Å²) in [6.07, 6.45) is 0. The highest BCUT2D eigenvalue weighted by Crippen LogP contribution is 2.22. The molecule has 0 atom stereocenters. The Kier molecular flexibility index (Phi) is 4.30. The van der Waals surface area contributed by atoms with Crippen molar-refractivity contribution in [2.45, 2.75) is 13.8 Å². The molecule has 0 saturated carbocycles. The van der Waals surface area contributed by atoms with E-state index in [0.717, 1.165) is 0 Å². The lowest BCUT2D eigenvalue weighted by atomic mass is 10.1. The van der Waals surface area contributed by atoms with Gasteiger partial charge in [0, 0.05) is 12.6 Å². The third-order valence-corrected chi connectivity index (χ3v) is 2.17. The normalized spacial score (nSPS) is 10.5. The van der Waals surface area contributed by atoms with Gasteiger partial charge in [-0.2, -0.15) is 4.39 Å². The molecule has 1 N–H and O–H groups in total. The first-order valence-electron chi connectivity index (χ1n) is 5.25. The molecule has 0 radical (unpaired) electrons. The summed E-state index contributed by atoms with van der Waals surface area (Å²) in [6, 6.07) is 1.38. The number of amides is 1. The third kappa shape index (κ3) is 2.99. The van der Waals surface area contributed by atoms with Gasteiger partial charge in [-0.05, 0) is 12.0 Å². The van der Waals surface area contributed by atoms with Gasteiger partial charge in [-0.3, -0.25) is 14.9 Å². The van der Waals surface area contributed by atoms with Crippen LogP contribution in [-0.4, -0.2) is 17.4 Å². The summed E-state index contributed by atoms with van der Waals surface area (Å²) in [5.74, 6) is -3.48. The van der Waals surface area contributed by atoms with E-state index < -0.39 is 33.7 Å². The monoisotopic (exact) mass is 258 g/mol. The van der Waals surface area contributed by atoms with Crippen LogP contribution in [-0.2, 0) is 0 Å². The number of nitrogens with one attached hydrogen (secondary N) is 1. The number of rotatable bonds is 4. The van der Waals surface area contributed by atoms with Gasteiger partial charge in [0.1, 0.15) is 11.4 Å². The molecule has 18 heavy (non-hydrogen) atoms. The third-order valence-electron chi connectivity index (χ3n) is 2.17. The van der Waals surface area contributed by atoms with E-state index in [1.165, 1.54) is 0 Å². The molecule has 0 unspecified atom stereocenters. The second kappa shape index (κ2) is 5.52. The predicted molar refractivity (Wildman–Crippen MR) is 60.2 cm³/mol. The maximum absolute atomic E-state index is 13.6. The van der Waals surface area contributed by atoms with Crippen LogP contribution >= 0.6 is 0 Å². The van der Waals surface area contributed by atoms with Crippen LogP contribution < -0.4 is 5.32 Å². The van der Waals surface area contributed by atoms with Crippen molar-refractivity contribution in [2.75, 3.05) is 6.54 Å². The summed E-state index contributed by atoms with van der Waals surface area (Å²) in [5.41, 5.74) is -1.85. The van der Waals surface area contributed by atoms with Gasteiger partial charge in [0.15, 0.2) is 0 Å². The molecule has 0 heterocycles. The molecule has 1 rings (SSSR count). The number of benzene rings is 1. The molecule has 0 aliphatic rings. The van der Waals surface area contributed by atoms with Gasteiger partial charge in [-0.15, -0.1) is 0 Å². The fourth-order valence-corrected chi connectivity index (χ4v) is 1.28. The summed E-state index contributed by atoms with van der Waals surface area (Å²) in [6.45, 7) is 3.83. The topological polar surface area (TPSA) is 72.2 Å². The highest BCUT2D eigenvalue weighted by Gasteiger charge is 2.25. The lowest BCUT2D eigenvalue weighted by Crippen LogP contribution is -2.29. The van der Waals surface area contributed by atoms with Crippen LogP contribution in [0.4, 0.5) is 14.5 Å². The van der Waals surface area contributed by atoms with Gasteiger partial charge in [-0.25, -0.2) is 4.39 Å². The SMILES string of the molecule is CC(C)CNC(=O)c1c(F)ccc([N+](=O)[O-])c1F. The Balaban J connectivity index is 3.11. The summed E-state index contributed by atoms with van der Waals surface area (Å²) >= 11 is 0. The smallest absolute Gasteiger partial charge is 0.305 e. The van der Waals surface area contributed by atoms with Gasteiger partial charge < -0.3 is 5.32 Å². The van der Waals surface area contributed by atoms with E-state index in [-0.39, 0.29) is 12.5 Å². The van der Waals surface area contributed by atoms with Crippen LogP contribution in [0.5, 0.6) is 0 Å². The highest BCUT2D eigenvalue weighted by molar-refractivity contribution is 5.95. The minimum atomic E-state index is -1.46. The maximum Gasteiger partial charge on any atom is 0.305 e. The summed E-state index contributed by atoms with van der Waals surface area (Å²) in [5, 5.41) is 12.8. The molecular formula is C11H12F2N2O3. The molecule has 0 bridgehead atoms. The standard InChI is InChI=1S/C11H12F2N2O3/c1-6(2)5-14-11(16)9-7(12)3-4-8(10(9)13)15(17)18/h3-4,6H,5H2,1-2H3,(H,14,16). The lowest BCUT2D eigenvalue weighted by molar-refractivity contribution is -0.387. The number of nitro benzene ring substituents is 1. The molecular weight excluding hydrogens is 246 g/mol. The number of nitrogens with zero attached hydrogens (tertiary/aromatic N) is 1. The van der Waals surface area contributed by atoms with Gasteiger partial charge in [-0.1, -0.05) is 13.8 Å². The van der Waals surface area contributed by atoms with Crippen molar-refractivity contribution < 1.29 is 18.5 Å². The highest BCUT2D eigenvalue weighted by atomic mass is 19.1. The first kappa shape index (κ1) is 14.0. The Hall–Kier alpha value is -2.05. The van der Waals surface area contributed by atoms with Crippen molar-refractivity contribution in [3.05, 3.63) is 39.4 Å². The fourth-order valence-electron chi connectivity index (χ4n) is 1.28. The molecule has 0 saturated heterocycles. The lowest BCUT2D eigenvalue weighted by Gasteiger charge is -2.09. The minimum Gasteiger partial charge on any atom is -0.352 e. The number of hydrogen-bond donors (Lipinski definition) is 1. The number of halogens is 2. The molecule has 7 heteroatoms. The van der Waals surface area contributed by atoms with E-state index in [1.807, 2.05) is 0 Å². The van der Waals surface area contributed by atoms with Gasteiger partial charge in [0.2, 0.25) is 5.82 Å². The molecule has 98 valence electrons. The quantitative estimate of drug-likeness (QED) is 0.665. The molecule has 1 amide bonds. The van der Waals surface area contributed by atoms with E-state index in [1.54, 1.807) is 13.8 Å². The molecule has 0 spiro atoms. The zero-order valence-corrected chi connectivity index (χ0v) is 9.87. The molecule has 1 aromatic rings. The Morgan fingerprint density at radius 3 is 2.56 bits per heavy atom. The molecule has 0 aliphatic heterocycles. The summed E-state index contributed by atoms with van der Waals surface area (Å²) in [4.78, 5) is 21.0. The van der Waals surface area contributed by atoms with Crippen molar-refractivity contribution in [2.24, 2.45) is 5.92 Å². The Morgan fingerprint density at radius 2 is 2.06 bits per heavy atom. The molecule has 1 aromatic carbocycles. The van der Waals surface area contributed by atoms with E-state index in [2.05, 4.69) is 5.32 Å². The average molecular weight is 258 g/mol. The Morgan fingerprint density at radius 1 is 1.44 bits per heavy atom. The van der Waals surface area contributed by atoms with Gasteiger partial charge in [0.25, 0.3) is 5.91 Å². The van der Waals surface area contributed by atoms with E-state index in [4.69, 9.17) is 0 Å². The van der Waals surface area contributed by atoms with Crippen LogP contribution in [0.15, 0.2) is 12.1 Å². The van der Waals surface area contributed by atoms with Gasteiger partial charge >= 0.3 is 5.69 Å². The van der Waals surface area contributed by atoms with Gasteiger partial charge in [0.05, 0.1) is 4.92 Å². The summed E-state index contributed by atoms with van der Waals surface area (Å²) < 4.78 is 27.0. The number of carbonyl (C=O) groups excluding carboxylic acids is 1. The maximum atomic E-state index is 13.6. The Labute approximate surface area is 102 Å².